The fourth-order valence-corrected chi connectivity index (χ4v) is 3.95. The van der Waals surface area contributed by atoms with Gasteiger partial charge in [0.1, 0.15) is 11.9 Å². The van der Waals surface area contributed by atoms with Crippen molar-refractivity contribution in [2.45, 2.75) is 46.3 Å². The summed E-state index contributed by atoms with van der Waals surface area (Å²) in [4.78, 5) is 44.3. The third-order valence-corrected chi connectivity index (χ3v) is 5.68. The minimum atomic E-state index is -0.720. The fraction of sp³-hybridized carbons (Fsp3) is 0.478. The maximum absolute atomic E-state index is 13.4. The van der Waals surface area contributed by atoms with E-state index in [1.807, 2.05) is 38.5 Å². The largest absolute Gasteiger partial charge is 0.366 e. The van der Waals surface area contributed by atoms with Gasteiger partial charge in [-0.2, -0.15) is 0 Å². The number of benzene rings is 1. The Bertz CT molecular complexity index is 1040. The number of amides is 3. The summed E-state index contributed by atoms with van der Waals surface area (Å²) in [6.45, 7) is 7.81. The van der Waals surface area contributed by atoms with Crippen LogP contribution in [0.15, 0.2) is 24.3 Å². The number of aromatic nitrogens is 2. The molecule has 2 aromatic rings. The lowest BCUT2D eigenvalue weighted by Gasteiger charge is -2.29. The summed E-state index contributed by atoms with van der Waals surface area (Å²) in [5, 5.41) is 5.51. The molecule has 3 rings (SSSR count). The van der Waals surface area contributed by atoms with E-state index in [0.29, 0.717) is 30.0 Å². The fourth-order valence-electron chi connectivity index (χ4n) is 3.95. The maximum Gasteiger partial charge on any atom is 0.272 e. The van der Waals surface area contributed by atoms with E-state index >= 15 is 0 Å². The molecule has 9 nitrogen and oxygen atoms in total. The monoisotopic (exact) mass is 440 g/mol. The number of likely N-dealkylation sites (N-methyl/N-ethyl adjacent to an activating group) is 1. The third-order valence-electron chi connectivity index (χ3n) is 5.68. The van der Waals surface area contributed by atoms with E-state index in [1.165, 1.54) is 0 Å². The molecule has 1 atom stereocenters. The molecule has 1 aliphatic heterocycles. The van der Waals surface area contributed by atoms with Gasteiger partial charge in [-0.1, -0.05) is 32.9 Å². The Balaban J connectivity index is 2.08. The van der Waals surface area contributed by atoms with Gasteiger partial charge in [-0.05, 0) is 37.6 Å². The van der Waals surface area contributed by atoms with Crippen molar-refractivity contribution >= 4 is 17.7 Å². The molecule has 0 unspecified atom stereocenters. The van der Waals surface area contributed by atoms with Crippen LogP contribution in [0.3, 0.4) is 0 Å². The highest BCUT2D eigenvalue weighted by Crippen LogP contribution is 2.27. The third kappa shape index (κ3) is 4.83. The lowest BCUT2D eigenvalue weighted by atomic mass is 9.86. The smallest absolute Gasteiger partial charge is 0.272 e. The number of nitrogens with zero attached hydrogens (tertiary/aromatic N) is 3. The van der Waals surface area contributed by atoms with E-state index in [4.69, 9.17) is 10.7 Å². The molecule has 2 heterocycles. The van der Waals surface area contributed by atoms with Crippen molar-refractivity contribution in [3.8, 4) is 11.4 Å². The lowest BCUT2D eigenvalue weighted by molar-refractivity contribution is -0.124. The summed E-state index contributed by atoms with van der Waals surface area (Å²) in [6, 6.07) is 6.22. The number of imidazole rings is 1. The average molecular weight is 441 g/mol. The molecule has 1 aromatic heterocycles. The lowest BCUT2D eigenvalue weighted by Crippen LogP contribution is -2.53. The van der Waals surface area contributed by atoms with Gasteiger partial charge in [-0.25, -0.2) is 4.98 Å². The van der Waals surface area contributed by atoms with Crippen molar-refractivity contribution in [1.82, 2.24) is 25.1 Å². The standard InChI is InChI=1S/C23H32N6O3/c1-23(2,3)18(22(32)25-4)27-21(31)17-16-13-28(5)10-7-11-29(16)20(26-17)15-9-6-8-14(12-15)19(24)30/h6,8-9,12,18H,7,10-11,13H2,1-5H3,(H2,24,30)(H,25,32)(H,27,31)/t18-/m1/s1. The average Bonchev–Trinajstić information content (AvgIpc) is 2.97. The molecule has 0 saturated carbocycles. The first-order chi connectivity index (χ1) is 15.0. The Morgan fingerprint density at radius 3 is 2.53 bits per heavy atom. The number of rotatable bonds is 5. The zero-order chi connectivity index (χ0) is 23.6. The molecular weight excluding hydrogens is 408 g/mol. The molecule has 0 aliphatic carbocycles. The molecule has 4 N–H and O–H groups in total. The van der Waals surface area contributed by atoms with E-state index in [1.54, 1.807) is 25.2 Å². The van der Waals surface area contributed by atoms with Crippen molar-refractivity contribution in [2.24, 2.45) is 11.1 Å². The molecule has 0 fully saturated rings. The van der Waals surface area contributed by atoms with Crippen LogP contribution in [0.2, 0.25) is 0 Å². The quantitative estimate of drug-likeness (QED) is 0.648. The number of carbonyl (C=O) groups is 3. The van der Waals surface area contributed by atoms with Crippen LogP contribution in [-0.2, 0) is 17.9 Å². The maximum atomic E-state index is 13.4. The molecule has 0 spiro atoms. The molecule has 32 heavy (non-hydrogen) atoms. The van der Waals surface area contributed by atoms with Crippen LogP contribution in [0.5, 0.6) is 0 Å². The number of hydrogen-bond acceptors (Lipinski definition) is 5. The second kappa shape index (κ2) is 9.12. The molecule has 0 saturated heterocycles. The molecule has 172 valence electrons. The van der Waals surface area contributed by atoms with Gasteiger partial charge in [0.25, 0.3) is 5.91 Å². The zero-order valence-corrected chi connectivity index (χ0v) is 19.4. The Hall–Kier alpha value is -3.20. The number of primary amides is 1. The Kier molecular flexibility index (Phi) is 6.68. The van der Waals surface area contributed by atoms with Gasteiger partial charge in [0.15, 0.2) is 5.69 Å². The number of nitrogens with two attached hydrogens (primary N) is 1. The zero-order valence-electron chi connectivity index (χ0n) is 19.4. The Labute approximate surface area is 188 Å². The van der Waals surface area contributed by atoms with Crippen molar-refractivity contribution in [2.75, 3.05) is 20.6 Å². The summed E-state index contributed by atoms with van der Waals surface area (Å²) in [5.41, 5.74) is 7.14. The first-order valence-corrected chi connectivity index (χ1v) is 10.7. The molecule has 3 amide bonds. The van der Waals surface area contributed by atoms with E-state index in [0.717, 1.165) is 18.7 Å². The van der Waals surface area contributed by atoms with Crippen LogP contribution in [-0.4, -0.2) is 58.9 Å². The van der Waals surface area contributed by atoms with Crippen LogP contribution in [0.25, 0.3) is 11.4 Å². The summed E-state index contributed by atoms with van der Waals surface area (Å²) >= 11 is 0. The van der Waals surface area contributed by atoms with Crippen LogP contribution >= 0.6 is 0 Å². The number of fused-ring (bicyclic) bond motifs is 1. The van der Waals surface area contributed by atoms with Crippen molar-refractivity contribution in [3.05, 3.63) is 41.2 Å². The summed E-state index contributed by atoms with van der Waals surface area (Å²) in [5.74, 6) is -0.575. The number of nitrogens with one attached hydrogen (secondary N) is 2. The summed E-state index contributed by atoms with van der Waals surface area (Å²) in [7, 11) is 3.55. The van der Waals surface area contributed by atoms with Crippen molar-refractivity contribution < 1.29 is 14.4 Å². The first kappa shape index (κ1) is 23.5. The number of carbonyl (C=O) groups excluding carboxylic acids is 3. The molecule has 0 bridgehead atoms. The van der Waals surface area contributed by atoms with Gasteiger partial charge in [0, 0.05) is 31.3 Å². The Morgan fingerprint density at radius 1 is 1.19 bits per heavy atom. The van der Waals surface area contributed by atoms with Crippen molar-refractivity contribution in [3.63, 3.8) is 0 Å². The highest BCUT2D eigenvalue weighted by Gasteiger charge is 2.34. The highest BCUT2D eigenvalue weighted by molar-refractivity contribution is 5.98. The normalized spacial score (nSPS) is 15.4. The van der Waals surface area contributed by atoms with E-state index in [9.17, 15) is 14.4 Å². The predicted molar refractivity (Wildman–Crippen MR) is 122 cm³/mol. The SMILES string of the molecule is CNC(=O)[C@@H](NC(=O)c1nc(-c2cccc(C(N)=O)c2)n2c1CN(C)CCC2)C(C)(C)C. The van der Waals surface area contributed by atoms with Crippen LogP contribution in [0.4, 0.5) is 0 Å². The van der Waals surface area contributed by atoms with Gasteiger partial charge in [0.2, 0.25) is 11.8 Å². The second-order valence-corrected chi connectivity index (χ2v) is 9.31. The van der Waals surface area contributed by atoms with Gasteiger partial charge in [-0.15, -0.1) is 0 Å². The molecule has 1 aromatic carbocycles. The number of hydrogen-bond donors (Lipinski definition) is 3. The van der Waals surface area contributed by atoms with Crippen LogP contribution < -0.4 is 16.4 Å². The highest BCUT2D eigenvalue weighted by atomic mass is 16.2. The van der Waals surface area contributed by atoms with Gasteiger partial charge in [0.05, 0.1) is 5.69 Å². The van der Waals surface area contributed by atoms with Crippen LogP contribution in [0, 0.1) is 5.41 Å². The second-order valence-electron chi connectivity index (χ2n) is 9.31. The predicted octanol–water partition coefficient (Wildman–Crippen LogP) is 1.37. The van der Waals surface area contributed by atoms with Gasteiger partial charge < -0.3 is 25.8 Å². The van der Waals surface area contributed by atoms with Crippen molar-refractivity contribution in [1.29, 1.82) is 0 Å². The van der Waals surface area contributed by atoms with E-state index < -0.39 is 23.3 Å². The summed E-state index contributed by atoms with van der Waals surface area (Å²) < 4.78 is 2.03. The van der Waals surface area contributed by atoms with Crippen LogP contribution in [0.1, 0.15) is 53.7 Å². The Morgan fingerprint density at radius 2 is 1.91 bits per heavy atom. The molecule has 0 radical (unpaired) electrons. The van der Waals surface area contributed by atoms with E-state index in [-0.39, 0.29) is 11.6 Å². The van der Waals surface area contributed by atoms with Gasteiger partial charge in [-0.3, -0.25) is 14.4 Å². The first-order valence-electron chi connectivity index (χ1n) is 10.7. The minimum Gasteiger partial charge on any atom is -0.366 e. The molecular formula is C23H32N6O3. The molecule has 9 heteroatoms. The van der Waals surface area contributed by atoms with Gasteiger partial charge >= 0.3 is 0 Å². The minimum absolute atomic E-state index is 0.261. The molecule has 1 aliphatic rings. The summed E-state index contributed by atoms with van der Waals surface area (Å²) in [6.07, 6.45) is 0.895. The van der Waals surface area contributed by atoms with E-state index in [2.05, 4.69) is 15.5 Å². The topological polar surface area (TPSA) is 122 Å².